The van der Waals surface area contributed by atoms with E-state index in [9.17, 15) is 4.79 Å². The Labute approximate surface area is 126 Å². The van der Waals surface area contributed by atoms with E-state index in [-0.39, 0.29) is 11.3 Å². The number of ether oxygens (including phenoxy) is 2. The van der Waals surface area contributed by atoms with Gasteiger partial charge in [0.2, 0.25) is 5.91 Å². The van der Waals surface area contributed by atoms with Crippen molar-refractivity contribution in [2.45, 2.75) is 26.7 Å². The van der Waals surface area contributed by atoms with E-state index in [0.717, 1.165) is 37.2 Å². The Morgan fingerprint density at radius 1 is 1.33 bits per heavy atom. The highest BCUT2D eigenvalue weighted by atomic mass is 16.5. The van der Waals surface area contributed by atoms with Gasteiger partial charge in [-0.25, -0.2) is 0 Å². The molecule has 1 saturated heterocycles. The molecule has 1 aliphatic heterocycles. The zero-order chi connectivity index (χ0) is 15.5. The fraction of sp³-hybridized carbons (Fsp3) is 0.562. The first-order valence-corrected chi connectivity index (χ1v) is 7.31. The Morgan fingerprint density at radius 2 is 2.00 bits per heavy atom. The number of anilines is 1. The first kappa shape index (κ1) is 15.6. The molecule has 0 bridgehead atoms. The predicted octanol–water partition coefficient (Wildman–Crippen LogP) is 2.34. The van der Waals surface area contributed by atoms with Crippen molar-refractivity contribution in [1.29, 1.82) is 0 Å². The van der Waals surface area contributed by atoms with Crippen LogP contribution in [0.5, 0.6) is 11.5 Å². The van der Waals surface area contributed by atoms with Crippen LogP contribution in [0, 0.1) is 12.3 Å². The van der Waals surface area contributed by atoms with Crippen LogP contribution in [0.2, 0.25) is 0 Å². The zero-order valence-electron chi connectivity index (χ0n) is 13.2. The van der Waals surface area contributed by atoms with Crippen LogP contribution in [0.25, 0.3) is 0 Å². The van der Waals surface area contributed by atoms with Crippen molar-refractivity contribution in [2.75, 3.05) is 32.6 Å². The molecule has 1 aliphatic rings. The van der Waals surface area contributed by atoms with Crippen LogP contribution in [0.1, 0.15) is 25.3 Å². The molecular weight excluding hydrogens is 268 g/mol. The van der Waals surface area contributed by atoms with Crippen LogP contribution in [-0.4, -0.2) is 33.2 Å². The second kappa shape index (κ2) is 6.35. The Morgan fingerprint density at radius 3 is 2.52 bits per heavy atom. The summed E-state index contributed by atoms with van der Waals surface area (Å²) in [5, 5.41) is 6.34. The van der Waals surface area contributed by atoms with E-state index in [1.165, 1.54) is 0 Å². The highest BCUT2D eigenvalue weighted by Gasteiger charge is 2.39. The van der Waals surface area contributed by atoms with Gasteiger partial charge in [0.15, 0.2) is 11.5 Å². The first-order chi connectivity index (χ1) is 10.1. The van der Waals surface area contributed by atoms with Crippen LogP contribution in [0.3, 0.4) is 0 Å². The molecule has 5 heteroatoms. The molecule has 1 atom stereocenters. The minimum atomic E-state index is -0.306. The summed E-state index contributed by atoms with van der Waals surface area (Å²) in [6.45, 7) is 5.64. The van der Waals surface area contributed by atoms with Gasteiger partial charge >= 0.3 is 0 Å². The maximum absolute atomic E-state index is 12.7. The quantitative estimate of drug-likeness (QED) is 0.874. The van der Waals surface area contributed by atoms with E-state index < -0.39 is 0 Å². The van der Waals surface area contributed by atoms with Crippen molar-refractivity contribution >= 4 is 11.6 Å². The number of amides is 1. The summed E-state index contributed by atoms with van der Waals surface area (Å²) >= 11 is 0. The summed E-state index contributed by atoms with van der Waals surface area (Å²) < 4.78 is 10.6. The SMILES string of the molecule is CCC1(C(=O)Nc2cc(OC)c(OC)cc2C)CCNC1. The highest BCUT2D eigenvalue weighted by Crippen LogP contribution is 2.35. The van der Waals surface area contributed by atoms with Crippen LogP contribution in [0.15, 0.2) is 12.1 Å². The van der Waals surface area contributed by atoms with Crippen molar-refractivity contribution < 1.29 is 14.3 Å². The highest BCUT2D eigenvalue weighted by molar-refractivity contribution is 5.96. The molecule has 2 N–H and O–H groups in total. The summed E-state index contributed by atoms with van der Waals surface area (Å²) in [4.78, 5) is 12.7. The fourth-order valence-electron chi connectivity index (χ4n) is 2.77. The number of methoxy groups -OCH3 is 2. The molecule has 1 fully saturated rings. The van der Waals surface area contributed by atoms with Gasteiger partial charge in [-0.3, -0.25) is 4.79 Å². The molecule has 1 amide bonds. The topological polar surface area (TPSA) is 59.6 Å². The number of rotatable bonds is 5. The summed E-state index contributed by atoms with van der Waals surface area (Å²) in [6, 6.07) is 3.69. The number of hydrogen-bond acceptors (Lipinski definition) is 4. The molecule has 0 radical (unpaired) electrons. The standard InChI is InChI=1S/C16H24N2O3/c1-5-16(6-7-17-10-16)15(19)18-12-9-14(21-4)13(20-3)8-11(12)2/h8-9,17H,5-7,10H2,1-4H3,(H,18,19). The Bertz CT molecular complexity index is 522. The maximum atomic E-state index is 12.7. The van der Waals surface area contributed by atoms with Crippen LogP contribution in [0.4, 0.5) is 5.69 Å². The lowest BCUT2D eigenvalue weighted by Gasteiger charge is -2.26. The minimum Gasteiger partial charge on any atom is -0.493 e. The Kier molecular flexibility index (Phi) is 4.73. The van der Waals surface area contributed by atoms with Crippen molar-refractivity contribution in [3.05, 3.63) is 17.7 Å². The first-order valence-electron chi connectivity index (χ1n) is 7.31. The van der Waals surface area contributed by atoms with E-state index in [2.05, 4.69) is 17.6 Å². The predicted molar refractivity (Wildman–Crippen MR) is 83.1 cm³/mol. The number of benzene rings is 1. The van der Waals surface area contributed by atoms with Crippen LogP contribution < -0.4 is 20.1 Å². The van der Waals surface area contributed by atoms with Gasteiger partial charge in [0.25, 0.3) is 0 Å². The number of hydrogen-bond donors (Lipinski definition) is 2. The van der Waals surface area contributed by atoms with Gasteiger partial charge in [-0.1, -0.05) is 6.92 Å². The normalized spacial score (nSPS) is 21.1. The molecule has 5 nitrogen and oxygen atoms in total. The summed E-state index contributed by atoms with van der Waals surface area (Å²) in [5.74, 6) is 1.36. The van der Waals surface area contributed by atoms with Gasteiger partial charge in [0.05, 0.1) is 19.6 Å². The third-order valence-electron chi connectivity index (χ3n) is 4.38. The molecule has 0 saturated carbocycles. The van der Waals surface area contributed by atoms with E-state index in [1.54, 1.807) is 14.2 Å². The molecule has 0 spiro atoms. The largest absolute Gasteiger partial charge is 0.493 e. The Balaban J connectivity index is 2.24. The molecule has 0 aliphatic carbocycles. The molecule has 116 valence electrons. The van der Waals surface area contributed by atoms with E-state index >= 15 is 0 Å². The monoisotopic (exact) mass is 292 g/mol. The number of carbonyl (C=O) groups is 1. The van der Waals surface area contributed by atoms with E-state index in [0.29, 0.717) is 11.5 Å². The summed E-state index contributed by atoms with van der Waals surface area (Å²) in [6.07, 6.45) is 1.71. The van der Waals surface area contributed by atoms with Gasteiger partial charge in [0, 0.05) is 18.3 Å². The molecule has 1 aromatic carbocycles. The van der Waals surface area contributed by atoms with Crippen molar-refractivity contribution in [3.63, 3.8) is 0 Å². The lowest BCUT2D eigenvalue weighted by atomic mass is 9.83. The molecule has 0 aromatic heterocycles. The van der Waals surface area contributed by atoms with Gasteiger partial charge in [-0.2, -0.15) is 0 Å². The average Bonchev–Trinajstić information content (AvgIpc) is 2.99. The van der Waals surface area contributed by atoms with E-state index in [4.69, 9.17) is 9.47 Å². The third kappa shape index (κ3) is 2.97. The number of carbonyl (C=O) groups excluding carboxylic acids is 1. The van der Waals surface area contributed by atoms with Gasteiger partial charge in [-0.05, 0) is 37.9 Å². The minimum absolute atomic E-state index is 0.0744. The fourth-order valence-corrected chi connectivity index (χ4v) is 2.77. The summed E-state index contributed by atoms with van der Waals surface area (Å²) in [5.41, 5.74) is 1.43. The average molecular weight is 292 g/mol. The second-order valence-electron chi connectivity index (χ2n) is 5.54. The van der Waals surface area contributed by atoms with Crippen molar-refractivity contribution in [3.8, 4) is 11.5 Å². The molecule has 1 unspecified atom stereocenters. The number of aryl methyl sites for hydroxylation is 1. The van der Waals surface area contributed by atoms with Crippen LogP contribution >= 0.6 is 0 Å². The van der Waals surface area contributed by atoms with E-state index in [1.807, 2.05) is 19.1 Å². The zero-order valence-corrected chi connectivity index (χ0v) is 13.2. The maximum Gasteiger partial charge on any atom is 0.231 e. The lowest BCUT2D eigenvalue weighted by Crippen LogP contribution is -2.37. The van der Waals surface area contributed by atoms with Gasteiger partial charge < -0.3 is 20.1 Å². The second-order valence-corrected chi connectivity index (χ2v) is 5.54. The van der Waals surface area contributed by atoms with Gasteiger partial charge in [-0.15, -0.1) is 0 Å². The van der Waals surface area contributed by atoms with Gasteiger partial charge in [0.1, 0.15) is 0 Å². The summed E-state index contributed by atoms with van der Waals surface area (Å²) in [7, 11) is 3.19. The molecule has 1 aromatic rings. The van der Waals surface area contributed by atoms with Crippen molar-refractivity contribution in [2.24, 2.45) is 5.41 Å². The molecule has 1 heterocycles. The molecule has 21 heavy (non-hydrogen) atoms. The lowest BCUT2D eigenvalue weighted by molar-refractivity contribution is -0.124. The Hall–Kier alpha value is -1.75. The molecular formula is C16H24N2O3. The molecule has 2 rings (SSSR count). The smallest absolute Gasteiger partial charge is 0.231 e. The van der Waals surface area contributed by atoms with Crippen LogP contribution in [-0.2, 0) is 4.79 Å². The third-order valence-corrected chi connectivity index (χ3v) is 4.38. The number of nitrogens with one attached hydrogen (secondary N) is 2. The van der Waals surface area contributed by atoms with Crippen molar-refractivity contribution in [1.82, 2.24) is 5.32 Å².